The number of para-hydroxylation sites is 1. The summed E-state index contributed by atoms with van der Waals surface area (Å²) >= 11 is 1.31. The minimum Gasteiger partial charge on any atom is -0.483 e. The van der Waals surface area contributed by atoms with Crippen molar-refractivity contribution in [2.75, 3.05) is 18.9 Å². The summed E-state index contributed by atoms with van der Waals surface area (Å²) in [5, 5.41) is 14.6. The number of benzene rings is 2. The van der Waals surface area contributed by atoms with Crippen molar-refractivity contribution in [2.45, 2.75) is 32.0 Å². The molecule has 9 heteroatoms. The summed E-state index contributed by atoms with van der Waals surface area (Å²) in [6, 6.07) is 15.9. The van der Waals surface area contributed by atoms with Crippen molar-refractivity contribution in [1.29, 1.82) is 0 Å². The maximum Gasteiger partial charge on any atom is 0.258 e. The topological polar surface area (TPSA) is 98.1 Å². The Kier molecular flexibility index (Phi) is 8.88. The van der Waals surface area contributed by atoms with Gasteiger partial charge >= 0.3 is 0 Å². The maximum atomic E-state index is 12.2. The zero-order valence-corrected chi connectivity index (χ0v) is 19.9. The van der Waals surface area contributed by atoms with Crippen LogP contribution in [0.2, 0.25) is 0 Å². The van der Waals surface area contributed by atoms with E-state index >= 15 is 0 Å². The molecule has 2 N–H and O–H groups in total. The van der Waals surface area contributed by atoms with Crippen molar-refractivity contribution >= 4 is 23.6 Å². The highest BCUT2D eigenvalue weighted by atomic mass is 32.2. The van der Waals surface area contributed by atoms with E-state index in [-0.39, 0.29) is 30.7 Å². The fourth-order valence-electron chi connectivity index (χ4n) is 3.19. The molecule has 1 heterocycles. The van der Waals surface area contributed by atoms with Crippen LogP contribution in [0.15, 0.2) is 53.7 Å². The number of aromatic nitrogens is 3. The molecular formula is C24H29N5O3S. The summed E-state index contributed by atoms with van der Waals surface area (Å²) in [5.41, 5.74) is 3.16. The van der Waals surface area contributed by atoms with E-state index in [0.717, 1.165) is 23.3 Å². The molecule has 0 radical (unpaired) electrons. The van der Waals surface area contributed by atoms with Gasteiger partial charge < -0.3 is 19.9 Å². The highest BCUT2D eigenvalue weighted by Crippen LogP contribution is 2.22. The molecule has 0 aliphatic heterocycles. The minimum absolute atomic E-state index is 0.0579. The summed E-state index contributed by atoms with van der Waals surface area (Å²) in [7, 11) is 1.81. The SMILES string of the molecule is Cc1cccc(C)c1OCC(=O)NCc1nnc(SCC(=O)NCCc2ccccc2)n1C. The summed E-state index contributed by atoms with van der Waals surface area (Å²) in [5.74, 6) is 1.27. The van der Waals surface area contributed by atoms with Gasteiger partial charge in [-0.1, -0.05) is 60.3 Å². The molecule has 1 aromatic heterocycles. The zero-order chi connectivity index (χ0) is 23.6. The summed E-state index contributed by atoms with van der Waals surface area (Å²) in [6.45, 7) is 4.63. The first-order chi connectivity index (χ1) is 15.9. The monoisotopic (exact) mass is 467 g/mol. The van der Waals surface area contributed by atoms with Crippen LogP contribution in [-0.2, 0) is 29.6 Å². The number of hydrogen-bond donors (Lipinski definition) is 2. The van der Waals surface area contributed by atoms with Crippen LogP contribution < -0.4 is 15.4 Å². The predicted octanol–water partition coefficient (Wildman–Crippen LogP) is 2.58. The smallest absolute Gasteiger partial charge is 0.258 e. The predicted molar refractivity (Wildman–Crippen MR) is 128 cm³/mol. The molecule has 0 aliphatic carbocycles. The minimum atomic E-state index is -0.243. The van der Waals surface area contributed by atoms with Gasteiger partial charge in [0.15, 0.2) is 17.6 Å². The second-order valence-electron chi connectivity index (χ2n) is 7.62. The molecule has 0 fully saturated rings. The molecule has 2 amide bonds. The Balaban J connectivity index is 1.39. The highest BCUT2D eigenvalue weighted by molar-refractivity contribution is 7.99. The standard InChI is InChI=1S/C24H29N5O3S/c1-17-8-7-9-18(2)23(17)32-15-21(30)26-14-20-27-28-24(29(20)3)33-16-22(31)25-13-12-19-10-5-4-6-11-19/h4-11H,12-16H2,1-3H3,(H,25,31)(H,26,30). The van der Waals surface area contributed by atoms with Gasteiger partial charge in [-0.05, 0) is 37.0 Å². The Morgan fingerprint density at radius 3 is 2.42 bits per heavy atom. The number of thioether (sulfide) groups is 1. The van der Waals surface area contributed by atoms with Crippen molar-refractivity contribution in [1.82, 2.24) is 25.4 Å². The third kappa shape index (κ3) is 7.35. The lowest BCUT2D eigenvalue weighted by molar-refractivity contribution is -0.123. The Hall–Kier alpha value is -3.33. The van der Waals surface area contributed by atoms with Crippen LogP contribution in [0.1, 0.15) is 22.5 Å². The van der Waals surface area contributed by atoms with E-state index in [4.69, 9.17) is 4.74 Å². The molecule has 3 rings (SSSR count). The Morgan fingerprint density at radius 1 is 0.970 bits per heavy atom. The lowest BCUT2D eigenvalue weighted by atomic mass is 10.1. The van der Waals surface area contributed by atoms with Crippen molar-refractivity contribution in [2.24, 2.45) is 7.05 Å². The number of ether oxygens (including phenoxy) is 1. The van der Waals surface area contributed by atoms with E-state index in [1.807, 2.05) is 69.4 Å². The number of carbonyl (C=O) groups is 2. The van der Waals surface area contributed by atoms with E-state index in [1.165, 1.54) is 17.3 Å². The molecule has 0 bridgehead atoms. The second-order valence-corrected chi connectivity index (χ2v) is 8.56. The molecule has 0 spiro atoms. The number of amides is 2. The molecule has 174 valence electrons. The largest absolute Gasteiger partial charge is 0.483 e. The molecule has 8 nitrogen and oxygen atoms in total. The number of hydrogen-bond acceptors (Lipinski definition) is 6. The second kappa shape index (κ2) is 12.1. The van der Waals surface area contributed by atoms with Crippen LogP contribution >= 0.6 is 11.8 Å². The fraction of sp³-hybridized carbons (Fsp3) is 0.333. The third-order valence-electron chi connectivity index (χ3n) is 5.04. The number of aryl methyl sites for hydroxylation is 2. The average Bonchev–Trinajstić information content (AvgIpc) is 3.16. The van der Waals surface area contributed by atoms with Crippen molar-refractivity contribution < 1.29 is 14.3 Å². The van der Waals surface area contributed by atoms with Crippen molar-refractivity contribution in [3.63, 3.8) is 0 Å². The molecule has 3 aromatic rings. The van der Waals surface area contributed by atoms with Gasteiger partial charge in [-0.25, -0.2) is 0 Å². The summed E-state index contributed by atoms with van der Waals surface area (Å²) in [4.78, 5) is 24.3. The van der Waals surface area contributed by atoms with E-state index in [1.54, 1.807) is 4.57 Å². The molecular weight excluding hydrogens is 438 g/mol. The van der Waals surface area contributed by atoms with Crippen molar-refractivity contribution in [3.05, 3.63) is 71.0 Å². The average molecular weight is 468 g/mol. The molecule has 0 saturated carbocycles. The van der Waals surface area contributed by atoms with Crippen LogP contribution in [0, 0.1) is 13.8 Å². The summed E-state index contributed by atoms with van der Waals surface area (Å²) in [6.07, 6.45) is 0.790. The lowest BCUT2D eigenvalue weighted by Crippen LogP contribution is -2.29. The van der Waals surface area contributed by atoms with Gasteiger partial charge in [0, 0.05) is 13.6 Å². The third-order valence-corrected chi connectivity index (χ3v) is 6.06. The van der Waals surface area contributed by atoms with Gasteiger partial charge in [-0.2, -0.15) is 0 Å². The van der Waals surface area contributed by atoms with E-state index < -0.39 is 0 Å². The van der Waals surface area contributed by atoms with Gasteiger partial charge in [0.05, 0.1) is 12.3 Å². The summed E-state index contributed by atoms with van der Waals surface area (Å²) < 4.78 is 7.45. The first-order valence-electron chi connectivity index (χ1n) is 10.7. The fourth-order valence-corrected chi connectivity index (χ4v) is 3.95. The van der Waals surface area contributed by atoms with E-state index in [0.29, 0.717) is 17.5 Å². The van der Waals surface area contributed by atoms with Crippen LogP contribution in [-0.4, -0.2) is 45.5 Å². The normalized spacial score (nSPS) is 10.6. The van der Waals surface area contributed by atoms with Crippen LogP contribution in [0.4, 0.5) is 0 Å². The Labute approximate surface area is 198 Å². The van der Waals surface area contributed by atoms with Gasteiger partial charge in [0.25, 0.3) is 5.91 Å². The maximum absolute atomic E-state index is 12.2. The molecule has 0 saturated heterocycles. The first kappa shape index (κ1) is 24.3. The number of carbonyl (C=O) groups excluding carboxylic acids is 2. The molecule has 0 unspecified atom stereocenters. The number of nitrogens with one attached hydrogen (secondary N) is 2. The van der Waals surface area contributed by atoms with E-state index in [2.05, 4.69) is 20.8 Å². The van der Waals surface area contributed by atoms with Crippen LogP contribution in [0.25, 0.3) is 0 Å². The van der Waals surface area contributed by atoms with Gasteiger partial charge in [0.1, 0.15) is 5.75 Å². The Morgan fingerprint density at radius 2 is 1.70 bits per heavy atom. The number of nitrogens with zero attached hydrogens (tertiary/aromatic N) is 3. The lowest BCUT2D eigenvalue weighted by Gasteiger charge is -2.12. The molecule has 2 aromatic carbocycles. The van der Waals surface area contributed by atoms with Gasteiger partial charge in [0.2, 0.25) is 5.91 Å². The molecule has 33 heavy (non-hydrogen) atoms. The quantitative estimate of drug-likeness (QED) is 0.421. The molecule has 0 aliphatic rings. The Bertz CT molecular complexity index is 1060. The van der Waals surface area contributed by atoms with Gasteiger partial charge in [-0.3, -0.25) is 9.59 Å². The van der Waals surface area contributed by atoms with Gasteiger partial charge in [-0.15, -0.1) is 10.2 Å². The molecule has 0 atom stereocenters. The van der Waals surface area contributed by atoms with Crippen LogP contribution in [0.5, 0.6) is 5.75 Å². The zero-order valence-electron chi connectivity index (χ0n) is 19.1. The van der Waals surface area contributed by atoms with Crippen molar-refractivity contribution in [3.8, 4) is 5.75 Å². The number of rotatable bonds is 11. The first-order valence-corrected chi connectivity index (χ1v) is 11.7. The van der Waals surface area contributed by atoms with Crippen LogP contribution in [0.3, 0.4) is 0 Å². The van der Waals surface area contributed by atoms with E-state index in [9.17, 15) is 9.59 Å². The highest BCUT2D eigenvalue weighted by Gasteiger charge is 2.13.